The van der Waals surface area contributed by atoms with Crippen LogP contribution in [0, 0.1) is 0 Å². The van der Waals surface area contributed by atoms with E-state index in [2.05, 4.69) is 6.07 Å². The van der Waals surface area contributed by atoms with Crippen LogP contribution in [0.5, 0.6) is 0 Å². The van der Waals surface area contributed by atoms with Crippen LogP contribution in [0.3, 0.4) is 0 Å². The number of rotatable bonds is 5. The molecule has 0 aliphatic carbocycles. The van der Waals surface area contributed by atoms with Crippen molar-refractivity contribution >= 4 is 16.8 Å². The Morgan fingerprint density at radius 3 is 2.88 bits per heavy atom. The minimum absolute atomic E-state index is 0.220. The molecular formula is C14H16O3. The Balaban J connectivity index is 2.20. The molecule has 0 unspecified atom stereocenters. The van der Waals surface area contributed by atoms with E-state index in [0.717, 1.165) is 28.7 Å². The van der Waals surface area contributed by atoms with Gasteiger partial charge in [-0.15, -0.1) is 0 Å². The molecule has 0 saturated carbocycles. The highest BCUT2D eigenvalue weighted by molar-refractivity contribution is 5.79. The van der Waals surface area contributed by atoms with Crippen molar-refractivity contribution in [1.29, 1.82) is 0 Å². The largest absolute Gasteiger partial charge is 0.459 e. The van der Waals surface area contributed by atoms with Crippen molar-refractivity contribution in [2.45, 2.75) is 26.4 Å². The maximum atomic E-state index is 10.9. The second-order valence-electron chi connectivity index (χ2n) is 4.22. The second kappa shape index (κ2) is 5.15. The number of carbonyl (C=O) groups excluding carboxylic acids is 1. The van der Waals surface area contributed by atoms with Gasteiger partial charge in [0.1, 0.15) is 23.7 Å². The number of methoxy groups -OCH3 is 1. The normalized spacial score (nSPS) is 10.9. The van der Waals surface area contributed by atoms with Gasteiger partial charge < -0.3 is 13.9 Å². The Kier molecular flexibility index (Phi) is 3.59. The summed E-state index contributed by atoms with van der Waals surface area (Å²) >= 11 is 0. The van der Waals surface area contributed by atoms with E-state index >= 15 is 0 Å². The van der Waals surface area contributed by atoms with Gasteiger partial charge in [0.2, 0.25) is 0 Å². The standard InChI is InChI=1S/C14H16O3/c1-10(15)3-4-11-5-6-14-12(7-11)8-13(17-14)9-16-2/h5-8H,3-4,9H2,1-2H3. The lowest BCUT2D eigenvalue weighted by molar-refractivity contribution is -0.116. The fourth-order valence-corrected chi connectivity index (χ4v) is 1.84. The Hall–Kier alpha value is -1.61. The van der Waals surface area contributed by atoms with E-state index < -0.39 is 0 Å². The highest BCUT2D eigenvalue weighted by Crippen LogP contribution is 2.21. The molecule has 3 heteroatoms. The predicted octanol–water partition coefficient (Wildman–Crippen LogP) is 3.10. The lowest BCUT2D eigenvalue weighted by atomic mass is 10.1. The van der Waals surface area contributed by atoms with Crippen LogP contribution in [0.1, 0.15) is 24.7 Å². The molecule has 0 aliphatic rings. The molecule has 2 aromatic rings. The van der Waals surface area contributed by atoms with E-state index in [1.54, 1.807) is 14.0 Å². The van der Waals surface area contributed by atoms with Gasteiger partial charge in [-0.2, -0.15) is 0 Å². The minimum atomic E-state index is 0.220. The minimum Gasteiger partial charge on any atom is -0.459 e. The molecule has 1 aromatic carbocycles. The number of aryl methyl sites for hydroxylation is 1. The third-order valence-electron chi connectivity index (χ3n) is 2.68. The molecular weight excluding hydrogens is 216 g/mol. The van der Waals surface area contributed by atoms with Crippen LogP contribution in [0.2, 0.25) is 0 Å². The van der Waals surface area contributed by atoms with Crippen molar-refractivity contribution in [3.05, 3.63) is 35.6 Å². The summed E-state index contributed by atoms with van der Waals surface area (Å²) in [5.41, 5.74) is 2.03. The van der Waals surface area contributed by atoms with Crippen LogP contribution in [0.25, 0.3) is 11.0 Å². The Morgan fingerprint density at radius 1 is 1.35 bits per heavy atom. The molecule has 0 saturated heterocycles. The van der Waals surface area contributed by atoms with Crippen LogP contribution in [-0.4, -0.2) is 12.9 Å². The maximum absolute atomic E-state index is 10.9. The fourth-order valence-electron chi connectivity index (χ4n) is 1.84. The van der Waals surface area contributed by atoms with Crippen molar-refractivity contribution in [1.82, 2.24) is 0 Å². The Labute approximate surface area is 100 Å². The first-order valence-corrected chi connectivity index (χ1v) is 5.69. The van der Waals surface area contributed by atoms with Gasteiger partial charge in [0.15, 0.2) is 0 Å². The van der Waals surface area contributed by atoms with Gasteiger partial charge in [0.05, 0.1) is 0 Å². The van der Waals surface area contributed by atoms with E-state index in [4.69, 9.17) is 9.15 Å². The summed E-state index contributed by atoms with van der Waals surface area (Å²) in [6.45, 7) is 2.10. The van der Waals surface area contributed by atoms with Gasteiger partial charge >= 0.3 is 0 Å². The first kappa shape index (κ1) is 11.9. The highest BCUT2D eigenvalue weighted by Gasteiger charge is 2.05. The molecule has 3 nitrogen and oxygen atoms in total. The molecule has 0 N–H and O–H groups in total. The van der Waals surface area contributed by atoms with Crippen molar-refractivity contribution < 1.29 is 13.9 Å². The smallest absolute Gasteiger partial charge is 0.134 e. The van der Waals surface area contributed by atoms with E-state index in [-0.39, 0.29) is 5.78 Å². The zero-order chi connectivity index (χ0) is 12.3. The number of ether oxygens (including phenoxy) is 1. The number of benzene rings is 1. The van der Waals surface area contributed by atoms with Crippen LogP contribution in [0.15, 0.2) is 28.7 Å². The number of furan rings is 1. The summed E-state index contributed by atoms with van der Waals surface area (Å²) in [5.74, 6) is 1.04. The molecule has 90 valence electrons. The van der Waals surface area contributed by atoms with E-state index in [1.165, 1.54) is 0 Å². The first-order chi connectivity index (χ1) is 8.19. The lowest BCUT2D eigenvalue weighted by Crippen LogP contribution is -1.93. The number of Topliss-reactive ketones (excluding diaryl/α,β-unsaturated/α-hetero) is 1. The predicted molar refractivity (Wildman–Crippen MR) is 65.9 cm³/mol. The molecule has 2 rings (SSSR count). The summed E-state index contributed by atoms with van der Waals surface area (Å²) in [7, 11) is 1.64. The summed E-state index contributed by atoms with van der Waals surface area (Å²) in [5, 5.41) is 1.07. The summed E-state index contributed by atoms with van der Waals surface area (Å²) in [6.07, 6.45) is 1.38. The first-order valence-electron chi connectivity index (χ1n) is 5.69. The lowest BCUT2D eigenvalue weighted by Gasteiger charge is -1.98. The number of hydrogen-bond donors (Lipinski definition) is 0. The van der Waals surface area contributed by atoms with Crippen LogP contribution in [-0.2, 0) is 22.6 Å². The molecule has 0 radical (unpaired) electrons. The average molecular weight is 232 g/mol. The van der Waals surface area contributed by atoms with Crippen molar-refractivity contribution in [3.8, 4) is 0 Å². The molecule has 0 bridgehead atoms. The SMILES string of the molecule is COCc1cc2cc(CCC(C)=O)ccc2o1. The van der Waals surface area contributed by atoms with Crippen molar-refractivity contribution in [3.63, 3.8) is 0 Å². The molecule has 0 fully saturated rings. The summed E-state index contributed by atoms with van der Waals surface area (Å²) in [4.78, 5) is 10.9. The van der Waals surface area contributed by atoms with Gasteiger partial charge in [0, 0.05) is 18.9 Å². The van der Waals surface area contributed by atoms with Crippen molar-refractivity contribution in [2.24, 2.45) is 0 Å². The highest BCUT2D eigenvalue weighted by atomic mass is 16.5. The van der Waals surface area contributed by atoms with Crippen LogP contribution >= 0.6 is 0 Å². The summed E-state index contributed by atoms with van der Waals surface area (Å²) < 4.78 is 10.6. The molecule has 0 atom stereocenters. The number of hydrogen-bond acceptors (Lipinski definition) is 3. The topological polar surface area (TPSA) is 39.4 Å². The Bertz CT molecular complexity index is 525. The monoisotopic (exact) mass is 232 g/mol. The Morgan fingerprint density at radius 2 is 2.18 bits per heavy atom. The van der Waals surface area contributed by atoms with Crippen LogP contribution < -0.4 is 0 Å². The molecule has 0 spiro atoms. The average Bonchev–Trinajstić information content (AvgIpc) is 2.68. The van der Waals surface area contributed by atoms with Gasteiger partial charge in [-0.3, -0.25) is 0 Å². The van der Waals surface area contributed by atoms with Gasteiger partial charge in [-0.05, 0) is 37.1 Å². The van der Waals surface area contributed by atoms with Gasteiger partial charge in [-0.1, -0.05) is 6.07 Å². The zero-order valence-corrected chi connectivity index (χ0v) is 10.2. The number of fused-ring (bicyclic) bond motifs is 1. The molecule has 1 heterocycles. The number of carbonyl (C=O) groups is 1. The molecule has 17 heavy (non-hydrogen) atoms. The molecule has 0 aliphatic heterocycles. The van der Waals surface area contributed by atoms with Gasteiger partial charge in [-0.25, -0.2) is 0 Å². The van der Waals surface area contributed by atoms with E-state index in [9.17, 15) is 4.79 Å². The maximum Gasteiger partial charge on any atom is 0.134 e. The third-order valence-corrected chi connectivity index (χ3v) is 2.68. The molecule has 0 amide bonds. The molecule has 1 aromatic heterocycles. The quantitative estimate of drug-likeness (QED) is 0.795. The summed E-state index contributed by atoms with van der Waals surface area (Å²) in [6, 6.07) is 8.01. The number of ketones is 1. The van der Waals surface area contributed by atoms with E-state index in [0.29, 0.717) is 13.0 Å². The van der Waals surface area contributed by atoms with Gasteiger partial charge in [0.25, 0.3) is 0 Å². The van der Waals surface area contributed by atoms with E-state index in [1.807, 2.05) is 18.2 Å². The van der Waals surface area contributed by atoms with Crippen LogP contribution in [0.4, 0.5) is 0 Å². The third kappa shape index (κ3) is 2.94. The van der Waals surface area contributed by atoms with Crippen molar-refractivity contribution in [2.75, 3.05) is 7.11 Å². The fraction of sp³-hybridized carbons (Fsp3) is 0.357. The zero-order valence-electron chi connectivity index (χ0n) is 10.2. The second-order valence-corrected chi connectivity index (χ2v) is 4.22.